The standard InChI is InChI=1S/C9H11NO4/c11-7(9(12)13)8-10-5-3-1-2-4-6(5)14-8/h7,11H,1-4H2,(H,12,13). The molecule has 1 aliphatic rings. The molecule has 1 unspecified atom stereocenters. The topological polar surface area (TPSA) is 83.6 Å². The summed E-state index contributed by atoms with van der Waals surface area (Å²) < 4.78 is 5.19. The van der Waals surface area contributed by atoms with Crippen LogP contribution in [0.1, 0.15) is 36.3 Å². The van der Waals surface area contributed by atoms with Gasteiger partial charge < -0.3 is 14.6 Å². The fraction of sp³-hybridized carbons (Fsp3) is 0.556. The summed E-state index contributed by atoms with van der Waals surface area (Å²) in [5.41, 5.74) is 0.798. The van der Waals surface area contributed by atoms with Crippen molar-refractivity contribution in [3.8, 4) is 0 Å². The van der Waals surface area contributed by atoms with E-state index in [1.54, 1.807) is 0 Å². The fourth-order valence-corrected chi connectivity index (χ4v) is 1.59. The van der Waals surface area contributed by atoms with Gasteiger partial charge in [-0.2, -0.15) is 0 Å². The summed E-state index contributed by atoms with van der Waals surface area (Å²) in [5, 5.41) is 17.7. The molecule has 76 valence electrons. The second kappa shape index (κ2) is 3.42. The number of carboxylic acids is 1. The third kappa shape index (κ3) is 1.50. The van der Waals surface area contributed by atoms with Crippen LogP contribution in [0.3, 0.4) is 0 Å². The van der Waals surface area contributed by atoms with Crippen LogP contribution in [0.4, 0.5) is 0 Å². The van der Waals surface area contributed by atoms with Crippen LogP contribution in [0.15, 0.2) is 4.42 Å². The lowest BCUT2D eigenvalue weighted by Gasteiger charge is -2.05. The minimum absolute atomic E-state index is 0.0931. The molecule has 0 saturated heterocycles. The van der Waals surface area contributed by atoms with Gasteiger partial charge in [-0.3, -0.25) is 0 Å². The molecule has 5 heteroatoms. The van der Waals surface area contributed by atoms with Gasteiger partial charge in [0, 0.05) is 6.42 Å². The third-order valence-corrected chi connectivity index (χ3v) is 2.33. The van der Waals surface area contributed by atoms with Crippen molar-refractivity contribution in [1.29, 1.82) is 0 Å². The molecule has 0 amide bonds. The summed E-state index contributed by atoms with van der Waals surface area (Å²) in [6.07, 6.45) is 2.04. The lowest BCUT2D eigenvalue weighted by Crippen LogP contribution is -2.10. The average Bonchev–Trinajstić information content (AvgIpc) is 2.59. The monoisotopic (exact) mass is 197 g/mol. The number of aliphatic carboxylic acids is 1. The predicted molar refractivity (Wildman–Crippen MR) is 45.7 cm³/mol. The number of aliphatic hydroxyl groups excluding tert-OH is 1. The van der Waals surface area contributed by atoms with Crippen LogP contribution in [0.5, 0.6) is 0 Å². The Morgan fingerprint density at radius 3 is 2.79 bits per heavy atom. The van der Waals surface area contributed by atoms with E-state index in [1.807, 2.05) is 0 Å². The second-order valence-electron chi connectivity index (χ2n) is 3.37. The van der Waals surface area contributed by atoms with Crippen LogP contribution in [-0.4, -0.2) is 21.2 Å². The van der Waals surface area contributed by atoms with E-state index in [0.29, 0.717) is 0 Å². The van der Waals surface area contributed by atoms with E-state index in [4.69, 9.17) is 9.52 Å². The van der Waals surface area contributed by atoms with Gasteiger partial charge in [-0.05, 0) is 19.3 Å². The van der Waals surface area contributed by atoms with Crippen LogP contribution in [-0.2, 0) is 17.6 Å². The molecular formula is C9H11NO4. The first kappa shape index (κ1) is 9.21. The van der Waals surface area contributed by atoms with Gasteiger partial charge >= 0.3 is 5.97 Å². The molecule has 0 aliphatic heterocycles. The highest BCUT2D eigenvalue weighted by molar-refractivity contribution is 5.72. The molecule has 0 bridgehead atoms. The van der Waals surface area contributed by atoms with Crippen molar-refractivity contribution in [1.82, 2.24) is 4.98 Å². The third-order valence-electron chi connectivity index (χ3n) is 2.33. The zero-order chi connectivity index (χ0) is 10.1. The van der Waals surface area contributed by atoms with Gasteiger partial charge in [0.2, 0.25) is 12.0 Å². The van der Waals surface area contributed by atoms with Crippen LogP contribution >= 0.6 is 0 Å². The molecule has 0 aromatic carbocycles. The normalized spacial score (nSPS) is 17.5. The summed E-state index contributed by atoms with van der Waals surface area (Å²) >= 11 is 0. The van der Waals surface area contributed by atoms with Crippen molar-refractivity contribution >= 4 is 5.97 Å². The van der Waals surface area contributed by atoms with Gasteiger partial charge in [0.1, 0.15) is 5.76 Å². The Hall–Kier alpha value is -1.36. The molecule has 1 aromatic heterocycles. The summed E-state index contributed by atoms with van der Waals surface area (Å²) in [5.74, 6) is -0.695. The van der Waals surface area contributed by atoms with E-state index in [1.165, 1.54) is 0 Å². The molecule has 1 aliphatic carbocycles. The largest absolute Gasteiger partial charge is 0.479 e. The SMILES string of the molecule is O=C(O)C(O)c1nc2c(o1)CCCC2. The number of aliphatic hydroxyl groups is 1. The van der Waals surface area contributed by atoms with Crippen molar-refractivity contribution in [2.75, 3.05) is 0 Å². The van der Waals surface area contributed by atoms with E-state index in [0.717, 1.165) is 37.1 Å². The van der Waals surface area contributed by atoms with Crippen LogP contribution in [0.2, 0.25) is 0 Å². The molecule has 1 heterocycles. The van der Waals surface area contributed by atoms with Crippen LogP contribution < -0.4 is 0 Å². The first-order valence-electron chi connectivity index (χ1n) is 4.58. The maximum Gasteiger partial charge on any atom is 0.342 e. The van der Waals surface area contributed by atoms with E-state index in [2.05, 4.69) is 4.98 Å². The number of hydrogen-bond donors (Lipinski definition) is 2. The van der Waals surface area contributed by atoms with Crippen LogP contribution in [0.25, 0.3) is 0 Å². The quantitative estimate of drug-likeness (QED) is 0.728. The number of carboxylic acid groups (broad SMARTS) is 1. The van der Waals surface area contributed by atoms with Crippen molar-refractivity contribution in [2.24, 2.45) is 0 Å². The lowest BCUT2D eigenvalue weighted by molar-refractivity contribution is -0.148. The molecule has 0 spiro atoms. The van der Waals surface area contributed by atoms with E-state index >= 15 is 0 Å². The zero-order valence-electron chi connectivity index (χ0n) is 7.56. The molecule has 2 N–H and O–H groups in total. The van der Waals surface area contributed by atoms with Gasteiger partial charge in [-0.25, -0.2) is 9.78 Å². The Kier molecular flexibility index (Phi) is 2.25. The maximum absolute atomic E-state index is 10.5. The second-order valence-corrected chi connectivity index (χ2v) is 3.37. The number of fused-ring (bicyclic) bond motifs is 1. The molecule has 14 heavy (non-hydrogen) atoms. The van der Waals surface area contributed by atoms with Crippen molar-refractivity contribution in [3.05, 3.63) is 17.3 Å². The number of hydrogen-bond acceptors (Lipinski definition) is 4. The number of aromatic nitrogens is 1. The number of nitrogens with zero attached hydrogens (tertiary/aromatic N) is 1. The van der Waals surface area contributed by atoms with Gasteiger partial charge in [-0.1, -0.05) is 0 Å². The summed E-state index contributed by atoms with van der Waals surface area (Å²) in [6.45, 7) is 0. The van der Waals surface area contributed by atoms with Crippen LogP contribution in [0, 0.1) is 0 Å². The van der Waals surface area contributed by atoms with E-state index in [9.17, 15) is 9.90 Å². The molecule has 0 fully saturated rings. The van der Waals surface area contributed by atoms with Gasteiger partial charge in [0.15, 0.2) is 0 Å². The fourth-order valence-electron chi connectivity index (χ4n) is 1.59. The van der Waals surface area contributed by atoms with Crippen molar-refractivity contribution in [2.45, 2.75) is 31.8 Å². The summed E-state index contributed by atoms with van der Waals surface area (Å²) in [6, 6.07) is 0. The van der Waals surface area contributed by atoms with Gasteiger partial charge in [-0.15, -0.1) is 0 Å². The van der Waals surface area contributed by atoms with Gasteiger partial charge in [0.05, 0.1) is 5.69 Å². The van der Waals surface area contributed by atoms with Gasteiger partial charge in [0.25, 0.3) is 0 Å². The molecule has 1 aromatic rings. The molecule has 2 rings (SSSR count). The van der Waals surface area contributed by atoms with E-state index < -0.39 is 12.1 Å². The number of carbonyl (C=O) groups is 1. The predicted octanol–water partition coefficient (Wildman–Crippen LogP) is 0.671. The Bertz CT molecular complexity index is 334. The number of aryl methyl sites for hydroxylation is 2. The highest BCUT2D eigenvalue weighted by Gasteiger charge is 2.25. The zero-order valence-corrected chi connectivity index (χ0v) is 7.56. The minimum atomic E-state index is -1.64. The highest BCUT2D eigenvalue weighted by atomic mass is 16.4. The molecule has 0 radical (unpaired) electrons. The Morgan fingerprint density at radius 2 is 2.14 bits per heavy atom. The molecule has 5 nitrogen and oxygen atoms in total. The first-order chi connectivity index (χ1) is 6.68. The molecular weight excluding hydrogens is 186 g/mol. The summed E-state index contributed by atoms with van der Waals surface area (Å²) in [4.78, 5) is 14.4. The van der Waals surface area contributed by atoms with E-state index in [-0.39, 0.29) is 5.89 Å². The molecule has 1 atom stereocenters. The first-order valence-corrected chi connectivity index (χ1v) is 4.58. The number of oxazole rings is 1. The smallest absolute Gasteiger partial charge is 0.342 e. The maximum atomic E-state index is 10.5. The Morgan fingerprint density at radius 1 is 1.43 bits per heavy atom. The Labute approximate surface area is 80.4 Å². The number of rotatable bonds is 2. The average molecular weight is 197 g/mol. The highest BCUT2D eigenvalue weighted by Crippen LogP contribution is 2.24. The lowest BCUT2D eigenvalue weighted by atomic mass is 10.0. The summed E-state index contributed by atoms with van der Waals surface area (Å²) in [7, 11) is 0. The van der Waals surface area contributed by atoms with Crippen molar-refractivity contribution < 1.29 is 19.4 Å². The minimum Gasteiger partial charge on any atom is -0.479 e. The Balaban J connectivity index is 2.28. The van der Waals surface area contributed by atoms with Crippen molar-refractivity contribution in [3.63, 3.8) is 0 Å². The molecule has 0 saturated carbocycles.